The molecule has 10 heteroatoms. The van der Waals surface area contributed by atoms with Crippen LogP contribution in [-0.4, -0.2) is 54.4 Å². The lowest BCUT2D eigenvalue weighted by Crippen LogP contribution is -2.42. The van der Waals surface area contributed by atoms with Gasteiger partial charge in [0.25, 0.3) is 0 Å². The normalized spacial score (nSPS) is 19.2. The van der Waals surface area contributed by atoms with E-state index in [1.807, 2.05) is 6.92 Å². The zero-order valence-corrected chi connectivity index (χ0v) is 17.3. The predicted octanol–water partition coefficient (Wildman–Crippen LogP) is 4.28. The maximum Gasteiger partial charge on any atom is 0.408 e. The summed E-state index contributed by atoms with van der Waals surface area (Å²) in [5.41, 5.74) is 0.739. The molecule has 31 heavy (non-hydrogen) atoms. The minimum absolute atomic E-state index is 0.0488. The van der Waals surface area contributed by atoms with Crippen molar-refractivity contribution < 1.29 is 18.0 Å². The van der Waals surface area contributed by atoms with Crippen molar-refractivity contribution in [1.82, 2.24) is 9.97 Å². The van der Waals surface area contributed by atoms with Crippen molar-refractivity contribution in [1.29, 1.82) is 0 Å². The molecule has 1 atom stereocenters. The number of amides is 2. The van der Waals surface area contributed by atoms with E-state index in [1.165, 1.54) is 9.80 Å². The van der Waals surface area contributed by atoms with Gasteiger partial charge < -0.3 is 9.80 Å². The molecule has 0 unspecified atom stereocenters. The van der Waals surface area contributed by atoms with Gasteiger partial charge in [-0.25, -0.2) is 14.8 Å². The molecule has 4 rings (SSSR count). The SMILES string of the molecule is CCN1CCCN(C(=O)Nc2ccccn2)c2nc(N3CCC[C@H]3C(F)(F)F)ccc21. The van der Waals surface area contributed by atoms with Gasteiger partial charge >= 0.3 is 12.2 Å². The molecule has 0 saturated carbocycles. The molecule has 2 aromatic heterocycles. The first kappa shape index (κ1) is 21.2. The van der Waals surface area contributed by atoms with Crippen molar-refractivity contribution in [3.63, 3.8) is 0 Å². The molecule has 1 fully saturated rings. The number of halogens is 3. The second kappa shape index (κ2) is 8.60. The Hall–Kier alpha value is -3.04. The van der Waals surface area contributed by atoms with Crippen LogP contribution in [0.5, 0.6) is 0 Å². The topological polar surface area (TPSA) is 64.6 Å². The van der Waals surface area contributed by atoms with Crippen molar-refractivity contribution in [2.75, 3.05) is 46.2 Å². The van der Waals surface area contributed by atoms with Gasteiger partial charge in [-0.1, -0.05) is 6.07 Å². The van der Waals surface area contributed by atoms with Gasteiger partial charge in [-0.05, 0) is 50.5 Å². The predicted molar refractivity (Wildman–Crippen MR) is 114 cm³/mol. The number of nitrogens with zero attached hydrogens (tertiary/aromatic N) is 5. The van der Waals surface area contributed by atoms with Crippen LogP contribution in [0, 0.1) is 0 Å². The number of urea groups is 1. The summed E-state index contributed by atoms with van der Waals surface area (Å²) in [7, 11) is 0. The van der Waals surface area contributed by atoms with Crippen LogP contribution in [0.2, 0.25) is 0 Å². The lowest BCUT2D eigenvalue weighted by atomic mass is 10.2. The van der Waals surface area contributed by atoms with Crippen LogP contribution in [0.1, 0.15) is 26.2 Å². The largest absolute Gasteiger partial charge is 0.408 e. The minimum atomic E-state index is -4.32. The van der Waals surface area contributed by atoms with Gasteiger partial charge in [-0.15, -0.1) is 0 Å². The summed E-state index contributed by atoms with van der Waals surface area (Å²) in [6, 6.07) is 6.64. The molecule has 7 nitrogen and oxygen atoms in total. The number of pyridine rings is 2. The first-order valence-corrected chi connectivity index (χ1v) is 10.5. The molecule has 166 valence electrons. The van der Waals surface area contributed by atoms with Crippen molar-refractivity contribution in [3.05, 3.63) is 36.5 Å². The molecule has 2 aromatic rings. The Morgan fingerprint density at radius 2 is 2.00 bits per heavy atom. The number of carbonyl (C=O) groups excluding carboxylic acids is 1. The molecular formula is C21H25F3N6O. The molecule has 2 amide bonds. The smallest absolute Gasteiger partial charge is 0.369 e. The molecule has 0 bridgehead atoms. The van der Waals surface area contributed by atoms with E-state index in [2.05, 4.69) is 20.2 Å². The molecule has 1 N–H and O–H groups in total. The van der Waals surface area contributed by atoms with Crippen LogP contribution < -0.4 is 20.0 Å². The van der Waals surface area contributed by atoms with Gasteiger partial charge in [0.1, 0.15) is 17.7 Å². The fourth-order valence-corrected chi connectivity index (χ4v) is 4.20. The summed E-state index contributed by atoms with van der Waals surface area (Å²) in [6.07, 6.45) is -1.53. The Balaban J connectivity index is 1.70. The van der Waals surface area contributed by atoms with Crippen LogP contribution in [0.3, 0.4) is 0 Å². The van der Waals surface area contributed by atoms with E-state index in [4.69, 9.17) is 0 Å². The number of nitrogens with one attached hydrogen (secondary N) is 1. The van der Waals surface area contributed by atoms with Gasteiger partial charge in [0, 0.05) is 32.4 Å². The molecule has 0 spiro atoms. The molecule has 0 aliphatic carbocycles. The Morgan fingerprint density at radius 3 is 2.71 bits per heavy atom. The van der Waals surface area contributed by atoms with E-state index in [0.29, 0.717) is 37.6 Å². The van der Waals surface area contributed by atoms with Crippen LogP contribution in [-0.2, 0) is 0 Å². The van der Waals surface area contributed by atoms with Crippen molar-refractivity contribution >= 4 is 29.2 Å². The van der Waals surface area contributed by atoms with E-state index in [0.717, 1.165) is 12.2 Å². The molecule has 2 aliphatic heterocycles. The first-order chi connectivity index (χ1) is 14.9. The van der Waals surface area contributed by atoms with E-state index in [9.17, 15) is 18.0 Å². The fraction of sp³-hybridized carbons (Fsp3) is 0.476. The third-order valence-corrected chi connectivity index (χ3v) is 5.70. The first-order valence-electron chi connectivity index (χ1n) is 10.5. The monoisotopic (exact) mass is 434 g/mol. The molecule has 1 saturated heterocycles. The Bertz CT molecular complexity index is 923. The van der Waals surface area contributed by atoms with Gasteiger partial charge in [-0.3, -0.25) is 10.2 Å². The van der Waals surface area contributed by atoms with E-state index in [-0.39, 0.29) is 18.8 Å². The molecular weight excluding hydrogens is 409 g/mol. The zero-order valence-electron chi connectivity index (χ0n) is 17.3. The Morgan fingerprint density at radius 1 is 1.16 bits per heavy atom. The average molecular weight is 434 g/mol. The standard InChI is InChI=1S/C21H25F3N6O/c1-2-28-12-6-14-30(20(31)26-17-8-3-4-11-25-17)19-15(28)9-10-18(27-19)29-13-5-7-16(29)21(22,23)24/h3-4,8-11,16H,2,5-7,12-14H2,1H3,(H,25,26,31)/t16-/m0/s1. The zero-order chi connectivity index (χ0) is 22.0. The second-order valence-electron chi connectivity index (χ2n) is 7.64. The van der Waals surface area contributed by atoms with E-state index in [1.54, 1.807) is 36.5 Å². The highest BCUT2D eigenvalue weighted by molar-refractivity contribution is 6.02. The maximum absolute atomic E-state index is 13.5. The summed E-state index contributed by atoms with van der Waals surface area (Å²) in [5.74, 6) is 1.02. The number of anilines is 4. The van der Waals surface area contributed by atoms with E-state index >= 15 is 0 Å². The fourth-order valence-electron chi connectivity index (χ4n) is 4.20. The van der Waals surface area contributed by atoms with Crippen LogP contribution in [0.4, 0.5) is 41.1 Å². The van der Waals surface area contributed by atoms with Crippen molar-refractivity contribution in [2.24, 2.45) is 0 Å². The quantitative estimate of drug-likeness (QED) is 0.782. The number of aromatic nitrogens is 2. The number of hydrogen-bond acceptors (Lipinski definition) is 5. The van der Waals surface area contributed by atoms with Gasteiger partial charge in [0.05, 0.1) is 5.69 Å². The minimum Gasteiger partial charge on any atom is -0.369 e. The second-order valence-corrected chi connectivity index (χ2v) is 7.64. The number of hydrogen-bond donors (Lipinski definition) is 1. The summed E-state index contributed by atoms with van der Waals surface area (Å²) in [5, 5.41) is 2.76. The Kier molecular flexibility index (Phi) is 5.88. The number of fused-ring (bicyclic) bond motifs is 1. The number of alkyl halides is 3. The van der Waals surface area contributed by atoms with Crippen LogP contribution in [0.15, 0.2) is 36.5 Å². The lowest BCUT2D eigenvalue weighted by molar-refractivity contribution is -0.146. The molecule has 0 radical (unpaired) electrons. The van der Waals surface area contributed by atoms with Gasteiger partial charge in [-0.2, -0.15) is 13.2 Å². The lowest BCUT2D eigenvalue weighted by Gasteiger charge is -2.30. The highest BCUT2D eigenvalue weighted by Crippen LogP contribution is 2.38. The summed E-state index contributed by atoms with van der Waals surface area (Å²) in [6.45, 7) is 4.13. The van der Waals surface area contributed by atoms with Crippen molar-refractivity contribution in [2.45, 2.75) is 38.4 Å². The summed E-state index contributed by atoms with van der Waals surface area (Å²) < 4.78 is 40.5. The van der Waals surface area contributed by atoms with Crippen LogP contribution >= 0.6 is 0 Å². The molecule has 2 aliphatic rings. The van der Waals surface area contributed by atoms with Crippen molar-refractivity contribution in [3.8, 4) is 0 Å². The van der Waals surface area contributed by atoms with Gasteiger partial charge in [0.15, 0.2) is 5.82 Å². The third-order valence-electron chi connectivity index (χ3n) is 5.70. The maximum atomic E-state index is 13.5. The number of carbonyl (C=O) groups is 1. The van der Waals surface area contributed by atoms with Gasteiger partial charge in [0.2, 0.25) is 0 Å². The number of rotatable bonds is 3. The highest BCUT2D eigenvalue weighted by Gasteiger charge is 2.46. The molecule has 4 heterocycles. The third kappa shape index (κ3) is 4.38. The average Bonchev–Trinajstić information content (AvgIpc) is 3.18. The van der Waals surface area contributed by atoms with Crippen LogP contribution in [0.25, 0.3) is 0 Å². The molecule has 0 aromatic carbocycles. The Labute approximate surface area is 178 Å². The highest BCUT2D eigenvalue weighted by atomic mass is 19.4. The van der Waals surface area contributed by atoms with E-state index < -0.39 is 18.2 Å². The summed E-state index contributed by atoms with van der Waals surface area (Å²) in [4.78, 5) is 26.7. The summed E-state index contributed by atoms with van der Waals surface area (Å²) >= 11 is 0.